The van der Waals surface area contributed by atoms with Gasteiger partial charge in [-0.15, -0.1) is 0 Å². The molecular formula is C20H23N3. The normalized spacial score (nSPS) is 17.4. The van der Waals surface area contributed by atoms with Crippen LogP contribution in [0.3, 0.4) is 0 Å². The summed E-state index contributed by atoms with van der Waals surface area (Å²) in [5.41, 5.74) is 6.87. The van der Waals surface area contributed by atoms with Crippen LogP contribution in [-0.4, -0.2) is 16.1 Å². The third-order valence-corrected chi connectivity index (χ3v) is 5.09. The van der Waals surface area contributed by atoms with E-state index in [0.717, 1.165) is 31.6 Å². The minimum atomic E-state index is 0.435. The molecule has 0 spiro atoms. The third-order valence-electron chi connectivity index (χ3n) is 5.09. The fourth-order valence-electron chi connectivity index (χ4n) is 3.91. The summed E-state index contributed by atoms with van der Waals surface area (Å²) in [6.07, 6.45) is 4.02. The summed E-state index contributed by atoms with van der Waals surface area (Å²) in [4.78, 5) is 4.42. The fraction of sp³-hybridized carbons (Fsp3) is 0.350. The molecule has 1 aromatic carbocycles. The summed E-state index contributed by atoms with van der Waals surface area (Å²) in [6, 6.07) is 13.5. The van der Waals surface area contributed by atoms with Crippen LogP contribution in [0.4, 0.5) is 0 Å². The molecule has 1 aliphatic heterocycles. The molecule has 0 fully saturated rings. The quantitative estimate of drug-likeness (QED) is 0.798. The molecule has 1 unspecified atom stereocenters. The second kappa shape index (κ2) is 5.82. The van der Waals surface area contributed by atoms with E-state index >= 15 is 0 Å². The minimum absolute atomic E-state index is 0.435. The highest BCUT2D eigenvalue weighted by atomic mass is 15.0. The summed E-state index contributed by atoms with van der Waals surface area (Å²) < 4.78 is 2.54. The van der Waals surface area contributed by atoms with Crippen LogP contribution in [-0.2, 0) is 19.4 Å². The lowest BCUT2D eigenvalue weighted by Gasteiger charge is -2.23. The van der Waals surface area contributed by atoms with Crippen LogP contribution >= 0.6 is 0 Å². The number of benzene rings is 1. The smallest absolute Gasteiger partial charge is 0.0486 e. The number of hydrogen-bond donors (Lipinski definition) is 1. The third kappa shape index (κ3) is 2.45. The van der Waals surface area contributed by atoms with Crippen LogP contribution < -0.4 is 5.32 Å². The van der Waals surface area contributed by atoms with E-state index in [0.29, 0.717) is 6.04 Å². The number of fused-ring (bicyclic) bond motifs is 3. The standard InChI is InChI=1S/C20H23N3/c1-14-16(6-5-11-21-14)10-13-23-18-8-4-3-7-17(18)20-15(2)22-12-9-19(20)23/h3-8,11,15,22H,9-10,12-13H2,1-2H3. The highest BCUT2D eigenvalue weighted by molar-refractivity contribution is 5.86. The van der Waals surface area contributed by atoms with Crippen molar-refractivity contribution in [2.75, 3.05) is 6.54 Å². The Balaban J connectivity index is 1.76. The lowest BCUT2D eigenvalue weighted by Crippen LogP contribution is -2.28. The summed E-state index contributed by atoms with van der Waals surface area (Å²) in [5, 5.41) is 5.01. The number of rotatable bonds is 3. The van der Waals surface area contributed by atoms with Gasteiger partial charge in [-0.3, -0.25) is 4.98 Å². The first-order chi connectivity index (χ1) is 11.3. The Hall–Kier alpha value is -2.13. The van der Waals surface area contributed by atoms with Gasteiger partial charge in [-0.1, -0.05) is 24.3 Å². The Kier molecular flexibility index (Phi) is 3.66. The average Bonchev–Trinajstić information content (AvgIpc) is 2.89. The van der Waals surface area contributed by atoms with Crippen LogP contribution in [0.2, 0.25) is 0 Å². The number of aromatic nitrogens is 2. The Morgan fingerprint density at radius 3 is 2.96 bits per heavy atom. The van der Waals surface area contributed by atoms with Crippen molar-refractivity contribution in [3.05, 3.63) is 65.1 Å². The molecule has 1 aliphatic rings. The molecule has 4 rings (SSSR count). The predicted molar refractivity (Wildman–Crippen MR) is 94.7 cm³/mol. The molecular weight excluding hydrogens is 282 g/mol. The average molecular weight is 305 g/mol. The Bertz CT molecular complexity index is 847. The van der Waals surface area contributed by atoms with Crippen molar-refractivity contribution in [1.82, 2.24) is 14.9 Å². The van der Waals surface area contributed by atoms with Gasteiger partial charge in [0.2, 0.25) is 0 Å². The fourth-order valence-corrected chi connectivity index (χ4v) is 3.91. The molecule has 0 aliphatic carbocycles. The van der Waals surface area contributed by atoms with Crippen molar-refractivity contribution < 1.29 is 0 Å². The maximum absolute atomic E-state index is 4.42. The monoisotopic (exact) mass is 305 g/mol. The highest BCUT2D eigenvalue weighted by Crippen LogP contribution is 2.33. The lowest BCUT2D eigenvalue weighted by atomic mass is 9.99. The van der Waals surface area contributed by atoms with Crippen molar-refractivity contribution in [2.24, 2.45) is 0 Å². The lowest BCUT2D eigenvalue weighted by molar-refractivity contribution is 0.521. The van der Waals surface area contributed by atoms with Crippen molar-refractivity contribution in [3.63, 3.8) is 0 Å². The van der Waals surface area contributed by atoms with E-state index < -0.39 is 0 Å². The first kappa shape index (κ1) is 14.5. The van der Waals surface area contributed by atoms with Crippen LogP contribution in [0, 0.1) is 6.92 Å². The van der Waals surface area contributed by atoms with Crippen LogP contribution in [0.5, 0.6) is 0 Å². The van der Waals surface area contributed by atoms with Gasteiger partial charge in [-0.2, -0.15) is 0 Å². The van der Waals surface area contributed by atoms with Gasteiger partial charge in [0.1, 0.15) is 0 Å². The zero-order chi connectivity index (χ0) is 15.8. The van der Waals surface area contributed by atoms with E-state index in [-0.39, 0.29) is 0 Å². The Morgan fingerprint density at radius 1 is 1.22 bits per heavy atom. The Labute approximate surface area is 137 Å². The zero-order valence-electron chi connectivity index (χ0n) is 13.8. The van der Waals surface area contributed by atoms with Crippen molar-refractivity contribution >= 4 is 10.9 Å². The van der Waals surface area contributed by atoms with Gasteiger partial charge < -0.3 is 9.88 Å². The molecule has 23 heavy (non-hydrogen) atoms. The SMILES string of the molecule is Cc1ncccc1CCn1c2c(c3ccccc31)C(C)NCC2. The molecule has 2 aromatic heterocycles. The van der Waals surface area contributed by atoms with E-state index in [1.807, 2.05) is 12.3 Å². The second-order valence-corrected chi connectivity index (χ2v) is 6.45. The molecule has 0 amide bonds. The number of para-hydroxylation sites is 1. The molecule has 3 nitrogen and oxygen atoms in total. The van der Waals surface area contributed by atoms with Crippen molar-refractivity contribution in [1.29, 1.82) is 0 Å². The summed E-state index contributed by atoms with van der Waals surface area (Å²) in [6.45, 7) is 6.47. The van der Waals surface area contributed by atoms with E-state index in [4.69, 9.17) is 0 Å². The predicted octanol–water partition coefficient (Wildman–Crippen LogP) is 3.79. The number of nitrogens with one attached hydrogen (secondary N) is 1. The molecule has 0 radical (unpaired) electrons. The summed E-state index contributed by atoms with van der Waals surface area (Å²) in [7, 11) is 0. The second-order valence-electron chi connectivity index (χ2n) is 6.45. The van der Waals surface area contributed by atoms with Gasteiger partial charge in [0.25, 0.3) is 0 Å². The van der Waals surface area contributed by atoms with Gasteiger partial charge in [0.05, 0.1) is 0 Å². The molecule has 3 aromatic rings. The van der Waals surface area contributed by atoms with Crippen molar-refractivity contribution in [2.45, 2.75) is 39.3 Å². The van der Waals surface area contributed by atoms with Gasteiger partial charge in [-0.05, 0) is 43.5 Å². The first-order valence-electron chi connectivity index (χ1n) is 8.49. The van der Waals surface area contributed by atoms with E-state index in [1.165, 1.54) is 27.7 Å². The van der Waals surface area contributed by atoms with Gasteiger partial charge in [-0.25, -0.2) is 0 Å². The van der Waals surface area contributed by atoms with Crippen LogP contribution in [0.1, 0.15) is 35.5 Å². The number of pyridine rings is 1. The molecule has 3 heterocycles. The molecule has 0 saturated carbocycles. The highest BCUT2D eigenvalue weighted by Gasteiger charge is 2.24. The maximum atomic E-state index is 4.42. The van der Waals surface area contributed by atoms with E-state index in [1.54, 1.807) is 0 Å². The molecule has 0 saturated heterocycles. The van der Waals surface area contributed by atoms with Crippen molar-refractivity contribution in [3.8, 4) is 0 Å². The number of hydrogen-bond acceptors (Lipinski definition) is 2. The molecule has 1 N–H and O–H groups in total. The molecule has 1 atom stereocenters. The van der Waals surface area contributed by atoms with Crippen LogP contribution in [0.25, 0.3) is 10.9 Å². The molecule has 118 valence electrons. The van der Waals surface area contributed by atoms with Gasteiger partial charge >= 0.3 is 0 Å². The molecule has 3 heteroatoms. The van der Waals surface area contributed by atoms with E-state index in [9.17, 15) is 0 Å². The van der Waals surface area contributed by atoms with Gasteiger partial charge in [0.15, 0.2) is 0 Å². The summed E-state index contributed by atoms with van der Waals surface area (Å²) in [5.74, 6) is 0. The number of nitrogens with zero attached hydrogens (tertiary/aromatic N) is 2. The largest absolute Gasteiger partial charge is 0.344 e. The van der Waals surface area contributed by atoms with Gasteiger partial charge in [0, 0.05) is 54.0 Å². The maximum Gasteiger partial charge on any atom is 0.0486 e. The summed E-state index contributed by atoms with van der Waals surface area (Å²) >= 11 is 0. The van der Waals surface area contributed by atoms with E-state index in [2.05, 4.69) is 59.0 Å². The minimum Gasteiger partial charge on any atom is -0.344 e. The number of aryl methyl sites for hydroxylation is 3. The topological polar surface area (TPSA) is 29.9 Å². The molecule has 0 bridgehead atoms. The van der Waals surface area contributed by atoms with Crippen LogP contribution in [0.15, 0.2) is 42.6 Å². The first-order valence-corrected chi connectivity index (χ1v) is 8.49. The Morgan fingerprint density at radius 2 is 2.09 bits per heavy atom. The zero-order valence-corrected chi connectivity index (χ0v) is 13.8.